The number of nitrogens with zero attached hydrogens (tertiary/aromatic N) is 2. The van der Waals surface area contributed by atoms with E-state index in [0.29, 0.717) is 6.54 Å². The van der Waals surface area contributed by atoms with E-state index in [-0.39, 0.29) is 0 Å². The number of nitrogens with two attached hydrogens (primary N) is 1. The van der Waals surface area contributed by atoms with Crippen LogP contribution in [0.15, 0.2) is 34.9 Å². The van der Waals surface area contributed by atoms with Gasteiger partial charge >= 0.3 is 0 Å². The fraction of sp³-hybridized carbons (Fsp3) is 0.357. The van der Waals surface area contributed by atoms with Crippen LogP contribution in [0, 0.1) is 6.92 Å². The zero-order valence-electron chi connectivity index (χ0n) is 10.9. The SMILES string of the molecule is Cc1ccc(CN(C)c2ccc(CCN)cn2)o1. The van der Waals surface area contributed by atoms with Gasteiger partial charge in [0.1, 0.15) is 17.3 Å². The Hall–Kier alpha value is -1.81. The van der Waals surface area contributed by atoms with E-state index in [1.807, 2.05) is 38.4 Å². The largest absolute Gasteiger partial charge is 0.464 e. The Labute approximate surface area is 107 Å². The maximum Gasteiger partial charge on any atom is 0.128 e. The molecule has 2 N–H and O–H groups in total. The summed E-state index contributed by atoms with van der Waals surface area (Å²) in [7, 11) is 2.00. The fourth-order valence-electron chi connectivity index (χ4n) is 1.84. The van der Waals surface area contributed by atoms with E-state index < -0.39 is 0 Å². The topological polar surface area (TPSA) is 55.3 Å². The van der Waals surface area contributed by atoms with Crippen LogP contribution in [0.25, 0.3) is 0 Å². The van der Waals surface area contributed by atoms with Crippen LogP contribution in [-0.4, -0.2) is 18.6 Å². The molecule has 0 amide bonds. The van der Waals surface area contributed by atoms with Gasteiger partial charge in [0, 0.05) is 13.2 Å². The van der Waals surface area contributed by atoms with Crippen LogP contribution in [0.3, 0.4) is 0 Å². The second-order valence-corrected chi connectivity index (χ2v) is 4.43. The standard InChI is InChI=1S/C14H19N3O/c1-11-3-5-13(18-11)10-17(2)14-6-4-12(7-8-15)9-16-14/h3-6,9H,7-8,10,15H2,1-2H3. The van der Waals surface area contributed by atoms with E-state index in [0.717, 1.165) is 30.3 Å². The average molecular weight is 245 g/mol. The Bertz CT molecular complexity index is 490. The first-order chi connectivity index (χ1) is 8.69. The summed E-state index contributed by atoms with van der Waals surface area (Å²) in [5.41, 5.74) is 6.68. The third-order valence-corrected chi connectivity index (χ3v) is 2.82. The Kier molecular flexibility index (Phi) is 3.99. The molecule has 4 nitrogen and oxygen atoms in total. The molecule has 0 fully saturated rings. The van der Waals surface area contributed by atoms with Crippen molar-refractivity contribution in [2.45, 2.75) is 19.9 Å². The van der Waals surface area contributed by atoms with Crippen molar-refractivity contribution >= 4 is 5.82 Å². The molecule has 4 heteroatoms. The molecule has 0 aromatic carbocycles. The van der Waals surface area contributed by atoms with Crippen molar-refractivity contribution in [1.29, 1.82) is 0 Å². The Morgan fingerprint density at radius 1 is 1.28 bits per heavy atom. The van der Waals surface area contributed by atoms with Gasteiger partial charge in [0.15, 0.2) is 0 Å². The van der Waals surface area contributed by atoms with Gasteiger partial charge in [0.05, 0.1) is 6.54 Å². The smallest absolute Gasteiger partial charge is 0.128 e. The maximum absolute atomic E-state index is 5.55. The monoisotopic (exact) mass is 245 g/mol. The van der Waals surface area contributed by atoms with Gasteiger partial charge in [-0.1, -0.05) is 6.07 Å². The van der Waals surface area contributed by atoms with Crippen molar-refractivity contribution in [3.63, 3.8) is 0 Å². The molecule has 0 aliphatic rings. The molecule has 0 spiro atoms. The molecule has 2 rings (SSSR count). The lowest BCUT2D eigenvalue weighted by Crippen LogP contribution is -2.17. The number of aromatic nitrogens is 1. The number of furan rings is 1. The number of hydrogen-bond acceptors (Lipinski definition) is 4. The summed E-state index contributed by atoms with van der Waals surface area (Å²) in [6.07, 6.45) is 2.75. The third kappa shape index (κ3) is 3.11. The molecule has 0 atom stereocenters. The summed E-state index contributed by atoms with van der Waals surface area (Å²) in [6.45, 7) is 3.32. The van der Waals surface area contributed by atoms with Gasteiger partial charge in [-0.15, -0.1) is 0 Å². The molecule has 0 radical (unpaired) electrons. The van der Waals surface area contributed by atoms with E-state index in [9.17, 15) is 0 Å². The van der Waals surface area contributed by atoms with Crippen molar-refractivity contribution < 1.29 is 4.42 Å². The van der Waals surface area contributed by atoms with Gasteiger partial charge in [-0.3, -0.25) is 0 Å². The normalized spacial score (nSPS) is 10.6. The number of anilines is 1. The minimum atomic E-state index is 0.655. The second-order valence-electron chi connectivity index (χ2n) is 4.43. The molecular formula is C14H19N3O. The van der Waals surface area contributed by atoms with Crippen LogP contribution in [-0.2, 0) is 13.0 Å². The zero-order chi connectivity index (χ0) is 13.0. The fourth-order valence-corrected chi connectivity index (χ4v) is 1.84. The molecule has 96 valence electrons. The van der Waals surface area contributed by atoms with Crippen LogP contribution in [0.4, 0.5) is 5.82 Å². The predicted octanol–water partition coefficient (Wildman–Crippen LogP) is 2.12. The predicted molar refractivity (Wildman–Crippen MR) is 72.5 cm³/mol. The highest BCUT2D eigenvalue weighted by Crippen LogP contribution is 2.15. The van der Waals surface area contributed by atoms with Crippen molar-refractivity contribution in [2.24, 2.45) is 5.73 Å². The molecule has 2 aromatic rings. The Balaban J connectivity index is 2.02. The van der Waals surface area contributed by atoms with Crippen LogP contribution in [0.1, 0.15) is 17.1 Å². The minimum absolute atomic E-state index is 0.655. The quantitative estimate of drug-likeness (QED) is 0.876. The number of pyridine rings is 1. The molecule has 0 saturated heterocycles. The van der Waals surface area contributed by atoms with Crippen molar-refractivity contribution in [2.75, 3.05) is 18.5 Å². The van der Waals surface area contributed by atoms with Gasteiger partial charge in [-0.25, -0.2) is 4.98 Å². The first-order valence-electron chi connectivity index (χ1n) is 6.10. The summed E-state index contributed by atoms with van der Waals surface area (Å²) in [6, 6.07) is 8.05. The maximum atomic E-state index is 5.55. The highest BCUT2D eigenvalue weighted by Gasteiger charge is 2.06. The van der Waals surface area contributed by atoms with Crippen LogP contribution in [0.2, 0.25) is 0 Å². The molecule has 18 heavy (non-hydrogen) atoms. The molecule has 0 aliphatic heterocycles. The second kappa shape index (κ2) is 5.69. The third-order valence-electron chi connectivity index (χ3n) is 2.82. The van der Waals surface area contributed by atoms with Crippen molar-refractivity contribution in [1.82, 2.24) is 4.98 Å². The molecule has 0 bridgehead atoms. The lowest BCUT2D eigenvalue weighted by molar-refractivity contribution is 0.481. The van der Waals surface area contributed by atoms with Gasteiger partial charge in [-0.05, 0) is 43.7 Å². The Morgan fingerprint density at radius 2 is 2.11 bits per heavy atom. The molecule has 0 aliphatic carbocycles. The van der Waals surface area contributed by atoms with E-state index in [4.69, 9.17) is 10.2 Å². The molecular weight excluding hydrogens is 226 g/mol. The van der Waals surface area contributed by atoms with E-state index in [1.54, 1.807) is 0 Å². The van der Waals surface area contributed by atoms with E-state index in [1.165, 1.54) is 5.56 Å². The van der Waals surface area contributed by atoms with E-state index in [2.05, 4.69) is 16.0 Å². The van der Waals surface area contributed by atoms with E-state index >= 15 is 0 Å². The van der Waals surface area contributed by atoms with Crippen molar-refractivity contribution in [3.05, 3.63) is 47.5 Å². The molecule has 0 saturated carbocycles. The van der Waals surface area contributed by atoms with Gasteiger partial charge < -0.3 is 15.1 Å². The zero-order valence-corrected chi connectivity index (χ0v) is 10.9. The summed E-state index contributed by atoms with van der Waals surface area (Å²) in [5.74, 6) is 2.82. The number of hydrogen-bond donors (Lipinski definition) is 1. The lowest BCUT2D eigenvalue weighted by Gasteiger charge is -2.16. The highest BCUT2D eigenvalue weighted by atomic mass is 16.3. The van der Waals surface area contributed by atoms with Crippen LogP contribution >= 0.6 is 0 Å². The van der Waals surface area contributed by atoms with Crippen molar-refractivity contribution in [3.8, 4) is 0 Å². The average Bonchev–Trinajstić information content (AvgIpc) is 2.76. The van der Waals surface area contributed by atoms with Gasteiger partial charge in [0.2, 0.25) is 0 Å². The lowest BCUT2D eigenvalue weighted by atomic mass is 10.2. The van der Waals surface area contributed by atoms with Crippen LogP contribution < -0.4 is 10.6 Å². The number of aryl methyl sites for hydroxylation is 1. The minimum Gasteiger partial charge on any atom is -0.464 e. The molecule has 0 unspecified atom stereocenters. The summed E-state index contributed by atoms with van der Waals surface area (Å²) >= 11 is 0. The summed E-state index contributed by atoms with van der Waals surface area (Å²) in [4.78, 5) is 6.49. The number of rotatable bonds is 5. The highest BCUT2D eigenvalue weighted by molar-refractivity contribution is 5.38. The Morgan fingerprint density at radius 3 is 2.67 bits per heavy atom. The summed E-state index contributed by atoms with van der Waals surface area (Å²) in [5, 5.41) is 0. The van der Waals surface area contributed by atoms with Gasteiger partial charge in [-0.2, -0.15) is 0 Å². The molecule has 2 heterocycles. The first-order valence-corrected chi connectivity index (χ1v) is 6.10. The molecule has 2 aromatic heterocycles. The van der Waals surface area contributed by atoms with Gasteiger partial charge in [0.25, 0.3) is 0 Å². The first kappa shape index (κ1) is 12.6. The summed E-state index contributed by atoms with van der Waals surface area (Å²) < 4.78 is 5.55. The van der Waals surface area contributed by atoms with Crippen LogP contribution in [0.5, 0.6) is 0 Å².